The number of benzene rings is 3. The maximum atomic E-state index is 2.51. The topological polar surface area (TPSA) is 0 Å². The van der Waals surface area contributed by atoms with E-state index in [0.29, 0.717) is 0 Å². The van der Waals surface area contributed by atoms with Crippen LogP contribution in [0.5, 0.6) is 0 Å². The molecule has 0 aromatic heterocycles. The number of hydrogen-bond donors (Lipinski definition) is 0. The van der Waals surface area contributed by atoms with E-state index in [1.807, 2.05) is 0 Å². The summed E-state index contributed by atoms with van der Waals surface area (Å²) in [4.78, 5) is 0. The van der Waals surface area contributed by atoms with Crippen molar-refractivity contribution in [1.82, 2.24) is 0 Å². The predicted molar refractivity (Wildman–Crippen MR) is 130 cm³/mol. The van der Waals surface area contributed by atoms with Crippen LogP contribution in [0.1, 0.15) is 64.2 Å². The standard InChI is InChI=1S/C28H33P/c1-3-14-23(15-4-1)29(24-16-5-2-6-17-24)28-21-10-9-19-27(28)26-20-11-13-22-12-7-8-18-25(22)26/h7-13,18-21,23-24H,1-6,14-17H2. The van der Waals surface area contributed by atoms with Crippen LogP contribution in [0.25, 0.3) is 21.9 Å². The minimum atomic E-state index is -0.0919. The molecular weight excluding hydrogens is 367 g/mol. The summed E-state index contributed by atoms with van der Waals surface area (Å²) in [5, 5.41) is 4.47. The fourth-order valence-corrected chi connectivity index (χ4v) is 9.75. The van der Waals surface area contributed by atoms with Crippen LogP contribution in [0, 0.1) is 0 Å². The van der Waals surface area contributed by atoms with E-state index in [-0.39, 0.29) is 7.92 Å². The van der Waals surface area contributed by atoms with Crippen LogP contribution in [0.4, 0.5) is 0 Å². The summed E-state index contributed by atoms with van der Waals surface area (Å²) in [7, 11) is -0.0919. The Balaban J connectivity index is 1.63. The molecule has 5 rings (SSSR count). The van der Waals surface area contributed by atoms with Gasteiger partial charge in [-0.25, -0.2) is 0 Å². The van der Waals surface area contributed by atoms with Crippen molar-refractivity contribution in [3.8, 4) is 11.1 Å². The van der Waals surface area contributed by atoms with E-state index in [2.05, 4.69) is 66.7 Å². The van der Waals surface area contributed by atoms with Crippen molar-refractivity contribution in [2.45, 2.75) is 75.5 Å². The van der Waals surface area contributed by atoms with E-state index in [1.54, 1.807) is 5.30 Å². The SMILES string of the molecule is c1ccc(P(C2CCCCC2)C2CCCCC2)c(-c2cccc3ccccc23)c1. The molecule has 1 heteroatoms. The zero-order chi connectivity index (χ0) is 19.5. The third-order valence-electron chi connectivity index (χ3n) is 7.20. The molecule has 2 aliphatic carbocycles. The van der Waals surface area contributed by atoms with Crippen molar-refractivity contribution >= 4 is 24.0 Å². The van der Waals surface area contributed by atoms with Crippen molar-refractivity contribution in [1.29, 1.82) is 0 Å². The third kappa shape index (κ3) is 4.02. The zero-order valence-corrected chi connectivity index (χ0v) is 18.4. The molecule has 0 saturated heterocycles. The Morgan fingerprint density at radius 1 is 0.517 bits per heavy atom. The molecule has 0 aliphatic heterocycles. The Hall–Kier alpha value is -1.65. The van der Waals surface area contributed by atoms with Crippen LogP contribution in [0.2, 0.25) is 0 Å². The molecule has 0 nitrogen and oxygen atoms in total. The van der Waals surface area contributed by atoms with Gasteiger partial charge in [0.2, 0.25) is 0 Å². The average molecular weight is 401 g/mol. The second-order valence-corrected chi connectivity index (χ2v) is 11.8. The van der Waals surface area contributed by atoms with Crippen LogP contribution in [0.15, 0.2) is 66.7 Å². The lowest BCUT2D eigenvalue weighted by atomic mass is 9.98. The van der Waals surface area contributed by atoms with Gasteiger partial charge in [0.1, 0.15) is 0 Å². The Kier molecular flexibility index (Phi) is 6.00. The molecule has 3 aromatic carbocycles. The first-order chi connectivity index (χ1) is 14.4. The lowest BCUT2D eigenvalue weighted by Gasteiger charge is -2.39. The molecule has 0 N–H and O–H groups in total. The van der Waals surface area contributed by atoms with Crippen LogP contribution >= 0.6 is 7.92 Å². The average Bonchev–Trinajstić information content (AvgIpc) is 2.81. The number of fused-ring (bicyclic) bond motifs is 1. The fourth-order valence-electron chi connectivity index (χ4n) is 5.80. The molecule has 0 radical (unpaired) electrons. The van der Waals surface area contributed by atoms with E-state index in [9.17, 15) is 0 Å². The van der Waals surface area contributed by atoms with Gasteiger partial charge in [0.25, 0.3) is 0 Å². The van der Waals surface area contributed by atoms with E-state index < -0.39 is 0 Å². The van der Waals surface area contributed by atoms with Crippen molar-refractivity contribution in [2.24, 2.45) is 0 Å². The molecule has 3 aromatic rings. The normalized spacial score (nSPS) is 19.1. The predicted octanol–water partition coefficient (Wildman–Crippen LogP) is 8.28. The summed E-state index contributed by atoms with van der Waals surface area (Å²) in [6.07, 6.45) is 14.6. The van der Waals surface area contributed by atoms with Gasteiger partial charge in [-0.1, -0.05) is 113 Å². The second-order valence-electron chi connectivity index (χ2n) is 9.03. The fraction of sp³-hybridized carbons (Fsp3) is 0.429. The number of hydrogen-bond acceptors (Lipinski definition) is 0. The maximum absolute atomic E-state index is 2.51. The summed E-state index contributed by atoms with van der Waals surface area (Å²) in [5.41, 5.74) is 4.85. The Bertz CT molecular complexity index is 924. The van der Waals surface area contributed by atoms with Gasteiger partial charge in [0.05, 0.1) is 0 Å². The summed E-state index contributed by atoms with van der Waals surface area (Å²) < 4.78 is 0. The molecule has 2 saturated carbocycles. The van der Waals surface area contributed by atoms with E-state index >= 15 is 0 Å². The quantitative estimate of drug-likeness (QED) is 0.387. The molecule has 0 atom stereocenters. The smallest absolute Gasteiger partial charge is 0.00990 e. The molecule has 0 heterocycles. The van der Waals surface area contributed by atoms with E-state index in [0.717, 1.165) is 11.3 Å². The highest BCUT2D eigenvalue weighted by Crippen LogP contribution is 2.56. The zero-order valence-electron chi connectivity index (χ0n) is 17.5. The van der Waals surface area contributed by atoms with Crippen molar-refractivity contribution in [3.63, 3.8) is 0 Å². The Morgan fingerprint density at radius 3 is 1.79 bits per heavy atom. The van der Waals surface area contributed by atoms with Gasteiger partial charge in [0.15, 0.2) is 0 Å². The first-order valence-corrected chi connectivity index (χ1v) is 13.3. The lowest BCUT2D eigenvalue weighted by Crippen LogP contribution is -2.27. The van der Waals surface area contributed by atoms with Gasteiger partial charge < -0.3 is 0 Å². The van der Waals surface area contributed by atoms with Gasteiger partial charge in [-0.3, -0.25) is 0 Å². The monoisotopic (exact) mass is 400 g/mol. The van der Waals surface area contributed by atoms with Gasteiger partial charge in [0, 0.05) is 0 Å². The first-order valence-electron chi connectivity index (χ1n) is 11.8. The van der Waals surface area contributed by atoms with Crippen LogP contribution in [-0.4, -0.2) is 11.3 Å². The number of rotatable bonds is 4. The van der Waals surface area contributed by atoms with Crippen molar-refractivity contribution in [2.75, 3.05) is 0 Å². The molecular formula is C28H33P. The maximum Gasteiger partial charge on any atom is -0.00990 e. The Labute approximate surface area is 177 Å². The molecule has 0 unspecified atom stereocenters. The van der Waals surface area contributed by atoms with Crippen LogP contribution in [0.3, 0.4) is 0 Å². The minimum Gasteiger partial charge on any atom is -0.0683 e. The molecule has 29 heavy (non-hydrogen) atoms. The van der Waals surface area contributed by atoms with Crippen molar-refractivity contribution < 1.29 is 0 Å². The Morgan fingerprint density at radius 2 is 1.07 bits per heavy atom. The highest BCUT2D eigenvalue weighted by Gasteiger charge is 2.33. The highest BCUT2D eigenvalue weighted by atomic mass is 31.1. The molecule has 0 spiro atoms. The van der Waals surface area contributed by atoms with Gasteiger partial charge in [-0.05, 0) is 64.2 Å². The van der Waals surface area contributed by atoms with Gasteiger partial charge in [-0.15, -0.1) is 0 Å². The minimum absolute atomic E-state index is 0.0919. The van der Waals surface area contributed by atoms with Crippen LogP contribution < -0.4 is 5.30 Å². The summed E-state index contributed by atoms with van der Waals surface area (Å²) in [5.74, 6) is 0. The molecule has 0 amide bonds. The summed E-state index contributed by atoms with van der Waals surface area (Å²) in [6, 6.07) is 25.3. The largest absolute Gasteiger partial charge is 0.0683 e. The van der Waals surface area contributed by atoms with Gasteiger partial charge in [-0.2, -0.15) is 0 Å². The van der Waals surface area contributed by atoms with Crippen molar-refractivity contribution in [3.05, 3.63) is 66.7 Å². The molecule has 2 aliphatic rings. The molecule has 150 valence electrons. The van der Waals surface area contributed by atoms with Gasteiger partial charge >= 0.3 is 0 Å². The third-order valence-corrected chi connectivity index (χ3v) is 10.8. The second kappa shape index (κ2) is 9.01. The van der Waals surface area contributed by atoms with E-state index in [1.165, 1.54) is 86.1 Å². The summed E-state index contributed by atoms with van der Waals surface area (Å²) >= 11 is 0. The first kappa shape index (κ1) is 19.3. The van der Waals surface area contributed by atoms with E-state index in [4.69, 9.17) is 0 Å². The summed E-state index contributed by atoms with van der Waals surface area (Å²) in [6.45, 7) is 0. The lowest BCUT2D eigenvalue weighted by molar-refractivity contribution is 0.487. The molecule has 2 fully saturated rings. The van der Waals surface area contributed by atoms with Crippen LogP contribution in [-0.2, 0) is 0 Å². The highest BCUT2D eigenvalue weighted by molar-refractivity contribution is 7.67. The molecule has 0 bridgehead atoms.